The Hall–Kier alpha value is -2.37. The van der Waals surface area contributed by atoms with Crippen molar-refractivity contribution >= 4 is 29.1 Å². The Morgan fingerprint density at radius 1 is 1.12 bits per heavy atom. The molecule has 0 aliphatic carbocycles. The van der Waals surface area contributed by atoms with Crippen LogP contribution in [0.1, 0.15) is 5.56 Å². The molecule has 0 aliphatic rings. The summed E-state index contributed by atoms with van der Waals surface area (Å²) < 4.78 is 14.8. The van der Waals surface area contributed by atoms with Gasteiger partial charge < -0.3 is 4.90 Å². The van der Waals surface area contributed by atoms with E-state index in [1.165, 1.54) is 17.0 Å². The van der Waals surface area contributed by atoms with Crippen LogP contribution in [0.4, 0.5) is 4.39 Å². The van der Waals surface area contributed by atoms with Crippen molar-refractivity contribution in [2.24, 2.45) is 0 Å². The number of carbonyl (C=O) groups is 1. The summed E-state index contributed by atoms with van der Waals surface area (Å²) in [6.07, 6.45) is 1.95. The highest BCUT2D eigenvalue weighted by Gasteiger charge is 2.17. The maximum absolute atomic E-state index is 13.2. The molecule has 0 aliphatic heterocycles. The molecule has 0 saturated carbocycles. The fourth-order valence-electron chi connectivity index (χ4n) is 2.47. The molecular weight excluding hydrogens is 376 g/mol. The molecule has 0 bridgehead atoms. The Bertz CT molecular complexity index is 952. The van der Waals surface area contributed by atoms with Crippen LogP contribution in [0.15, 0.2) is 48.7 Å². The monoisotopic (exact) mass is 391 g/mol. The fraction of sp³-hybridized carbons (Fsp3) is 0.158. The molecule has 0 saturated heterocycles. The first-order valence-electron chi connectivity index (χ1n) is 7.85. The van der Waals surface area contributed by atoms with E-state index in [2.05, 4.69) is 5.10 Å². The second-order valence-electron chi connectivity index (χ2n) is 6.02. The zero-order chi connectivity index (χ0) is 18.8. The van der Waals surface area contributed by atoms with Crippen LogP contribution in [-0.4, -0.2) is 34.7 Å². The first-order chi connectivity index (χ1) is 12.3. The number of rotatable bonds is 4. The number of likely N-dealkylation sites (N-methyl/N-ethyl adjacent to an activating group) is 1. The first-order valence-corrected chi connectivity index (χ1v) is 8.61. The maximum atomic E-state index is 13.2. The van der Waals surface area contributed by atoms with E-state index in [0.29, 0.717) is 21.4 Å². The molecular formula is C19H16Cl2FN3O. The molecule has 3 rings (SSSR count). The van der Waals surface area contributed by atoms with Gasteiger partial charge in [-0.3, -0.25) is 4.79 Å². The maximum Gasteiger partial charge on any atom is 0.226 e. The number of nitrogens with zero attached hydrogens (tertiary/aromatic N) is 3. The second kappa shape index (κ2) is 7.48. The molecule has 4 nitrogen and oxygen atoms in total. The molecule has 1 heterocycles. The summed E-state index contributed by atoms with van der Waals surface area (Å²) in [6.45, 7) is 0. The summed E-state index contributed by atoms with van der Waals surface area (Å²) in [5.41, 5.74) is 2.81. The summed E-state index contributed by atoms with van der Waals surface area (Å²) in [6, 6.07) is 11.2. The summed E-state index contributed by atoms with van der Waals surface area (Å²) in [4.78, 5) is 13.7. The van der Waals surface area contributed by atoms with Gasteiger partial charge in [0.2, 0.25) is 5.91 Å². The van der Waals surface area contributed by atoms with Crippen molar-refractivity contribution in [3.8, 4) is 16.9 Å². The molecule has 0 fully saturated rings. The Morgan fingerprint density at radius 2 is 1.81 bits per heavy atom. The van der Waals surface area contributed by atoms with Crippen LogP contribution in [0.3, 0.4) is 0 Å². The summed E-state index contributed by atoms with van der Waals surface area (Å²) >= 11 is 12.1. The Balaban J connectivity index is 2.09. The molecule has 134 valence electrons. The van der Waals surface area contributed by atoms with Crippen molar-refractivity contribution in [2.75, 3.05) is 14.1 Å². The third kappa shape index (κ3) is 3.89. The Labute approximate surface area is 160 Å². The molecule has 0 radical (unpaired) electrons. The van der Waals surface area contributed by atoms with Crippen LogP contribution >= 0.6 is 23.2 Å². The van der Waals surface area contributed by atoms with Gasteiger partial charge in [-0.05, 0) is 36.4 Å². The van der Waals surface area contributed by atoms with E-state index in [-0.39, 0.29) is 18.1 Å². The number of hydrogen-bond donors (Lipinski definition) is 0. The van der Waals surface area contributed by atoms with Crippen molar-refractivity contribution in [1.82, 2.24) is 14.7 Å². The third-order valence-electron chi connectivity index (χ3n) is 3.91. The van der Waals surface area contributed by atoms with E-state index < -0.39 is 0 Å². The zero-order valence-corrected chi connectivity index (χ0v) is 15.7. The molecule has 0 unspecified atom stereocenters. The summed E-state index contributed by atoms with van der Waals surface area (Å²) in [7, 11) is 3.40. The highest BCUT2D eigenvalue weighted by Crippen LogP contribution is 2.30. The molecule has 26 heavy (non-hydrogen) atoms. The van der Waals surface area contributed by atoms with Gasteiger partial charge in [0.05, 0.1) is 27.8 Å². The number of carbonyl (C=O) groups excluding carboxylic acids is 1. The number of amides is 1. The van der Waals surface area contributed by atoms with Crippen LogP contribution < -0.4 is 0 Å². The minimum atomic E-state index is -0.325. The number of halogens is 3. The second-order valence-corrected chi connectivity index (χ2v) is 6.83. The third-order valence-corrected chi connectivity index (χ3v) is 4.65. The topological polar surface area (TPSA) is 38.1 Å². The van der Waals surface area contributed by atoms with Gasteiger partial charge in [-0.25, -0.2) is 9.07 Å². The summed E-state index contributed by atoms with van der Waals surface area (Å²) in [5, 5.41) is 5.44. The SMILES string of the molecule is CN(C)C(=O)Cc1cn(-c2ccc(F)cc2)nc1-c1ccc(Cl)c(Cl)c1. The number of aromatic nitrogens is 2. The molecule has 2 aromatic carbocycles. The average Bonchev–Trinajstić information content (AvgIpc) is 3.01. The fourth-order valence-corrected chi connectivity index (χ4v) is 2.77. The number of hydrogen-bond acceptors (Lipinski definition) is 2. The van der Waals surface area contributed by atoms with Crippen molar-refractivity contribution in [3.63, 3.8) is 0 Å². The van der Waals surface area contributed by atoms with Crippen molar-refractivity contribution < 1.29 is 9.18 Å². The lowest BCUT2D eigenvalue weighted by Gasteiger charge is -2.10. The van der Waals surface area contributed by atoms with Crippen LogP contribution in [0.25, 0.3) is 16.9 Å². The number of benzene rings is 2. The Morgan fingerprint density at radius 3 is 2.42 bits per heavy atom. The van der Waals surface area contributed by atoms with Gasteiger partial charge in [0.1, 0.15) is 5.82 Å². The molecule has 1 amide bonds. The average molecular weight is 392 g/mol. The lowest BCUT2D eigenvalue weighted by molar-refractivity contribution is -0.127. The van der Waals surface area contributed by atoms with Crippen LogP contribution in [-0.2, 0) is 11.2 Å². The van der Waals surface area contributed by atoms with Gasteiger partial charge in [-0.2, -0.15) is 5.10 Å². The Kier molecular flexibility index (Phi) is 5.30. The minimum absolute atomic E-state index is 0.0510. The van der Waals surface area contributed by atoms with Gasteiger partial charge in [0.15, 0.2) is 0 Å². The normalized spacial score (nSPS) is 10.8. The van der Waals surface area contributed by atoms with Crippen molar-refractivity contribution in [1.29, 1.82) is 0 Å². The largest absolute Gasteiger partial charge is 0.349 e. The quantitative estimate of drug-likeness (QED) is 0.650. The van der Waals surface area contributed by atoms with Gasteiger partial charge in [-0.15, -0.1) is 0 Å². The predicted molar refractivity (Wildman–Crippen MR) is 101 cm³/mol. The van der Waals surface area contributed by atoms with Gasteiger partial charge in [0.25, 0.3) is 0 Å². The van der Waals surface area contributed by atoms with Gasteiger partial charge in [-0.1, -0.05) is 29.3 Å². The van der Waals surface area contributed by atoms with E-state index in [1.807, 2.05) is 0 Å². The van der Waals surface area contributed by atoms with E-state index in [4.69, 9.17) is 23.2 Å². The molecule has 1 aromatic heterocycles. The van der Waals surface area contributed by atoms with Gasteiger partial charge in [0, 0.05) is 31.4 Å². The molecule has 0 spiro atoms. The van der Waals surface area contributed by atoms with Crippen molar-refractivity contribution in [3.05, 3.63) is 70.1 Å². The predicted octanol–water partition coefficient (Wildman–Crippen LogP) is 4.62. The molecule has 0 atom stereocenters. The smallest absolute Gasteiger partial charge is 0.226 e. The first kappa shape index (κ1) is 18.4. The standard InChI is InChI=1S/C19H16Cl2FN3O/c1-24(2)18(26)10-13-11-25(15-6-4-14(22)5-7-15)23-19(13)12-3-8-16(20)17(21)9-12/h3-9,11H,10H2,1-2H3. The van der Waals surface area contributed by atoms with E-state index in [0.717, 1.165) is 11.1 Å². The van der Waals surface area contributed by atoms with E-state index >= 15 is 0 Å². The lowest BCUT2D eigenvalue weighted by atomic mass is 10.1. The van der Waals surface area contributed by atoms with Crippen molar-refractivity contribution in [2.45, 2.75) is 6.42 Å². The van der Waals surface area contributed by atoms with Gasteiger partial charge >= 0.3 is 0 Å². The molecule has 0 N–H and O–H groups in total. The summed E-state index contributed by atoms with van der Waals surface area (Å²) in [5.74, 6) is -0.376. The molecule has 7 heteroatoms. The lowest BCUT2D eigenvalue weighted by Crippen LogP contribution is -2.23. The van der Waals surface area contributed by atoms with Crippen LogP contribution in [0.5, 0.6) is 0 Å². The van der Waals surface area contributed by atoms with E-state index in [1.54, 1.807) is 55.3 Å². The highest BCUT2D eigenvalue weighted by molar-refractivity contribution is 6.42. The van der Waals surface area contributed by atoms with Crippen LogP contribution in [0.2, 0.25) is 10.0 Å². The zero-order valence-electron chi connectivity index (χ0n) is 14.2. The highest BCUT2D eigenvalue weighted by atomic mass is 35.5. The molecule has 3 aromatic rings. The minimum Gasteiger partial charge on any atom is -0.349 e. The van der Waals surface area contributed by atoms with E-state index in [9.17, 15) is 9.18 Å². The van der Waals surface area contributed by atoms with Crippen LogP contribution in [0, 0.1) is 5.82 Å².